The van der Waals surface area contributed by atoms with Crippen LogP contribution in [0.2, 0.25) is 0 Å². The van der Waals surface area contributed by atoms with Crippen LogP contribution < -0.4 is 10.1 Å². The third-order valence-electron chi connectivity index (χ3n) is 8.55. The van der Waals surface area contributed by atoms with E-state index in [2.05, 4.69) is 44.6 Å². The normalized spacial score (nSPS) is 20.2. The molecule has 1 saturated heterocycles. The number of aromatic nitrogens is 2. The zero-order chi connectivity index (χ0) is 28.2. The molecule has 0 radical (unpaired) electrons. The molecule has 1 amide bonds. The molecule has 1 atom stereocenters. The zero-order valence-electron chi connectivity index (χ0n) is 24.0. The van der Waals surface area contributed by atoms with Crippen molar-refractivity contribution in [1.82, 2.24) is 19.8 Å². The second-order valence-corrected chi connectivity index (χ2v) is 11.4. The minimum absolute atomic E-state index is 0.0260. The van der Waals surface area contributed by atoms with Gasteiger partial charge < -0.3 is 24.4 Å². The number of rotatable bonds is 7. The van der Waals surface area contributed by atoms with Crippen LogP contribution in [0.3, 0.4) is 0 Å². The first-order chi connectivity index (χ1) is 20.1. The molecule has 8 nitrogen and oxygen atoms in total. The summed E-state index contributed by atoms with van der Waals surface area (Å²) in [7, 11) is 1.69. The molecule has 214 valence electrons. The summed E-state index contributed by atoms with van der Waals surface area (Å²) in [6, 6.07) is 14.4. The van der Waals surface area contributed by atoms with Gasteiger partial charge in [-0.25, -0.2) is 4.98 Å². The van der Waals surface area contributed by atoms with Gasteiger partial charge >= 0.3 is 0 Å². The van der Waals surface area contributed by atoms with E-state index in [0.717, 1.165) is 53.5 Å². The van der Waals surface area contributed by atoms with Crippen LogP contribution in [-0.2, 0) is 4.84 Å². The Labute approximate surface area is 242 Å². The van der Waals surface area contributed by atoms with Gasteiger partial charge in [0.25, 0.3) is 5.91 Å². The quantitative estimate of drug-likeness (QED) is 0.397. The van der Waals surface area contributed by atoms with Crippen LogP contribution in [0.25, 0.3) is 11.8 Å². The minimum Gasteiger partial charge on any atom is -0.495 e. The Kier molecular flexibility index (Phi) is 8.07. The lowest BCUT2D eigenvalue weighted by Crippen LogP contribution is -2.53. The van der Waals surface area contributed by atoms with Crippen LogP contribution in [-0.4, -0.2) is 59.0 Å². The smallest absolute Gasteiger partial charge is 0.251 e. The lowest BCUT2D eigenvalue weighted by molar-refractivity contribution is 0.0562. The fourth-order valence-corrected chi connectivity index (χ4v) is 6.30. The molecule has 2 fully saturated rings. The highest BCUT2D eigenvalue weighted by Gasteiger charge is 2.32. The number of ether oxygens (including phenoxy) is 1. The molecule has 0 spiro atoms. The van der Waals surface area contributed by atoms with Crippen molar-refractivity contribution in [3.8, 4) is 11.4 Å². The molecule has 1 aliphatic carbocycles. The van der Waals surface area contributed by atoms with Gasteiger partial charge in [0.1, 0.15) is 12.4 Å². The topological polar surface area (TPSA) is 81.0 Å². The van der Waals surface area contributed by atoms with Crippen molar-refractivity contribution in [2.45, 2.75) is 63.8 Å². The van der Waals surface area contributed by atoms with Gasteiger partial charge in [-0.1, -0.05) is 42.6 Å². The summed E-state index contributed by atoms with van der Waals surface area (Å²) < 4.78 is 7.68. The van der Waals surface area contributed by atoms with Crippen LogP contribution in [0.4, 0.5) is 0 Å². The molecule has 0 bridgehead atoms. The number of hydrogen-bond donors (Lipinski definition) is 1. The second kappa shape index (κ2) is 12.2. The van der Waals surface area contributed by atoms with Crippen LogP contribution >= 0.6 is 0 Å². The number of benzene rings is 2. The summed E-state index contributed by atoms with van der Waals surface area (Å²) in [5.41, 5.74) is 6.12. The largest absolute Gasteiger partial charge is 0.495 e. The summed E-state index contributed by atoms with van der Waals surface area (Å²) >= 11 is 0. The Bertz CT molecular complexity index is 1440. The molecule has 0 unspecified atom stereocenters. The molecule has 1 N–H and O–H groups in total. The van der Waals surface area contributed by atoms with E-state index in [1.54, 1.807) is 13.4 Å². The average molecular weight is 554 g/mol. The number of carbonyl (C=O) groups excluding carboxylic acids is 1. The van der Waals surface area contributed by atoms with Crippen LogP contribution in [0.5, 0.6) is 5.75 Å². The van der Waals surface area contributed by atoms with Gasteiger partial charge in [0.2, 0.25) is 0 Å². The fourth-order valence-electron chi connectivity index (χ4n) is 6.30. The SMILES string of the molecule is COc1cc(/C=C2\CCCN3C2=NOC[C@@H]3CNC(=O)c2ccc(C3CCCCC3)cc2)ccc1-n1cnc(C)c1. The number of hydrogen-bond acceptors (Lipinski definition) is 6. The standard InChI is InChI=1S/C33H39N5O3/c1-23-20-37(22-35-23)30-15-10-24(18-31(30)40-2)17-28-9-6-16-38-29(21-41-36-32(28)38)19-34-33(39)27-13-11-26(12-14-27)25-7-4-3-5-8-25/h10-15,17-18,20,22,25,29H,3-9,16,19,21H2,1-2H3,(H,34,39)/b28-17+/t29-/m0/s1. The minimum atomic E-state index is -0.0442. The summed E-state index contributed by atoms with van der Waals surface area (Å²) in [6.45, 7) is 3.81. The van der Waals surface area contributed by atoms with Crippen LogP contribution in [0.15, 0.2) is 65.7 Å². The molecule has 1 aromatic heterocycles. The van der Waals surface area contributed by atoms with Crippen LogP contribution in [0.1, 0.15) is 78.0 Å². The number of imidazole rings is 1. The van der Waals surface area contributed by atoms with E-state index >= 15 is 0 Å². The lowest BCUT2D eigenvalue weighted by Gasteiger charge is -2.40. The van der Waals surface area contributed by atoms with Crippen molar-refractivity contribution in [1.29, 1.82) is 0 Å². The molecular weight excluding hydrogens is 514 g/mol. The number of nitrogens with one attached hydrogen (secondary N) is 1. The van der Waals surface area contributed by atoms with Crippen molar-refractivity contribution in [3.63, 3.8) is 0 Å². The molecule has 8 heteroatoms. The first kappa shape index (κ1) is 27.1. The van der Waals surface area contributed by atoms with E-state index in [1.807, 2.05) is 42.0 Å². The van der Waals surface area contributed by atoms with E-state index in [9.17, 15) is 4.79 Å². The van der Waals surface area contributed by atoms with E-state index in [4.69, 9.17) is 9.57 Å². The average Bonchev–Trinajstić information content (AvgIpc) is 3.46. The van der Waals surface area contributed by atoms with Crippen molar-refractivity contribution in [2.24, 2.45) is 5.16 Å². The Morgan fingerprint density at radius 3 is 2.71 bits per heavy atom. The maximum Gasteiger partial charge on any atom is 0.251 e. The van der Waals surface area contributed by atoms with Gasteiger partial charge in [-0.15, -0.1) is 0 Å². The van der Waals surface area contributed by atoms with Gasteiger partial charge in [-0.05, 0) is 85.6 Å². The molecule has 2 aromatic carbocycles. The molecule has 3 aliphatic rings. The molecule has 3 aromatic rings. The zero-order valence-corrected chi connectivity index (χ0v) is 24.0. The van der Waals surface area contributed by atoms with Gasteiger partial charge in [0, 0.05) is 24.8 Å². The number of piperidine rings is 1. The predicted octanol–water partition coefficient (Wildman–Crippen LogP) is 5.86. The van der Waals surface area contributed by atoms with E-state index in [-0.39, 0.29) is 11.9 Å². The maximum atomic E-state index is 13.0. The monoisotopic (exact) mass is 553 g/mol. The van der Waals surface area contributed by atoms with E-state index < -0.39 is 0 Å². The third kappa shape index (κ3) is 6.01. The maximum absolute atomic E-state index is 13.0. The van der Waals surface area contributed by atoms with Crippen molar-refractivity contribution < 1.29 is 14.4 Å². The number of methoxy groups -OCH3 is 1. The predicted molar refractivity (Wildman–Crippen MR) is 161 cm³/mol. The summed E-state index contributed by atoms with van der Waals surface area (Å²) in [4.78, 5) is 25.3. The first-order valence-electron chi connectivity index (χ1n) is 14.8. The number of fused-ring (bicyclic) bond motifs is 1. The number of nitrogens with zero attached hydrogens (tertiary/aromatic N) is 4. The lowest BCUT2D eigenvalue weighted by atomic mass is 9.84. The van der Waals surface area contributed by atoms with E-state index in [1.165, 1.54) is 37.7 Å². The van der Waals surface area contributed by atoms with Gasteiger partial charge in [0.05, 0.1) is 30.9 Å². The van der Waals surface area contributed by atoms with E-state index in [0.29, 0.717) is 24.6 Å². The number of carbonyl (C=O) groups is 1. The van der Waals surface area contributed by atoms with Crippen molar-refractivity contribution >= 4 is 17.8 Å². The van der Waals surface area contributed by atoms with Gasteiger partial charge in [0.15, 0.2) is 5.84 Å². The Balaban J connectivity index is 1.11. The number of amidine groups is 1. The van der Waals surface area contributed by atoms with Crippen molar-refractivity contribution in [2.75, 3.05) is 26.8 Å². The fraction of sp³-hybridized carbons (Fsp3) is 0.424. The Morgan fingerprint density at radius 1 is 1.12 bits per heavy atom. The number of oxime groups is 1. The van der Waals surface area contributed by atoms with Crippen molar-refractivity contribution in [3.05, 3.63) is 82.9 Å². The van der Waals surface area contributed by atoms with Gasteiger partial charge in [-0.2, -0.15) is 0 Å². The van der Waals surface area contributed by atoms with Crippen LogP contribution in [0, 0.1) is 6.92 Å². The Hall–Kier alpha value is -4.07. The molecule has 2 aliphatic heterocycles. The number of aryl methyl sites for hydroxylation is 1. The first-order valence-corrected chi connectivity index (χ1v) is 14.8. The van der Waals surface area contributed by atoms with Gasteiger partial charge in [-0.3, -0.25) is 4.79 Å². The summed E-state index contributed by atoms with van der Waals surface area (Å²) in [5, 5.41) is 7.59. The summed E-state index contributed by atoms with van der Waals surface area (Å²) in [5.74, 6) is 2.22. The highest BCUT2D eigenvalue weighted by atomic mass is 16.6. The molecule has 6 rings (SSSR count). The molecule has 41 heavy (non-hydrogen) atoms. The third-order valence-corrected chi connectivity index (χ3v) is 8.55. The molecule has 3 heterocycles. The molecule has 1 saturated carbocycles. The summed E-state index contributed by atoms with van der Waals surface area (Å²) in [6.07, 6.45) is 14.3. The molecular formula is C33H39N5O3. The highest BCUT2D eigenvalue weighted by Crippen LogP contribution is 2.33. The number of amides is 1. The highest BCUT2D eigenvalue weighted by molar-refractivity contribution is 6.03. The second-order valence-electron chi connectivity index (χ2n) is 11.4. The Morgan fingerprint density at radius 2 is 1.95 bits per heavy atom.